The Bertz CT molecular complexity index is 422. The molecule has 1 heterocycles. The summed E-state index contributed by atoms with van der Waals surface area (Å²) in [7, 11) is -2.13. The van der Waals surface area contributed by atoms with E-state index < -0.39 is 7.14 Å². The maximum Gasteiger partial charge on any atom is 0.123 e. The van der Waals surface area contributed by atoms with Crippen molar-refractivity contribution in [3.8, 4) is 0 Å². The highest BCUT2D eigenvalue weighted by Gasteiger charge is 2.52. The van der Waals surface area contributed by atoms with Crippen molar-refractivity contribution in [3.05, 3.63) is 18.0 Å². The lowest BCUT2D eigenvalue weighted by molar-refractivity contribution is 0.579. The fraction of sp³-hybridized carbons (Fsp3) is 0.636. The van der Waals surface area contributed by atoms with E-state index in [9.17, 15) is 4.57 Å². The van der Waals surface area contributed by atoms with Gasteiger partial charge in [0.2, 0.25) is 0 Å². The third-order valence-corrected chi connectivity index (χ3v) is 7.86. The summed E-state index contributed by atoms with van der Waals surface area (Å²) >= 11 is 0. The van der Waals surface area contributed by atoms with Crippen molar-refractivity contribution in [2.24, 2.45) is 0 Å². The number of aryl methyl sites for hydroxylation is 1. The summed E-state index contributed by atoms with van der Waals surface area (Å²) < 4.78 is 13.1. The van der Waals surface area contributed by atoms with E-state index in [1.54, 1.807) is 6.20 Å². The monoisotopic (exact) mass is 222 g/mol. The first-order chi connectivity index (χ1) is 7.23. The first-order valence-electron chi connectivity index (χ1n) is 5.61. The first kappa shape index (κ1) is 9.53. The number of aromatic nitrogens is 2. The van der Waals surface area contributed by atoms with E-state index in [4.69, 9.17) is 0 Å². The normalized spacial score (nSPS) is 21.7. The Balaban J connectivity index is 2.09. The Labute approximate surface area is 89.7 Å². The van der Waals surface area contributed by atoms with Crippen LogP contribution in [0.15, 0.2) is 12.3 Å². The topological polar surface area (TPSA) is 42.9 Å². The van der Waals surface area contributed by atoms with Crippen LogP contribution in [0.2, 0.25) is 0 Å². The van der Waals surface area contributed by atoms with Gasteiger partial charge in [-0.1, -0.05) is 0 Å². The molecule has 80 valence electrons. The Morgan fingerprint density at radius 2 is 1.87 bits per heavy atom. The van der Waals surface area contributed by atoms with Gasteiger partial charge in [-0.3, -0.25) is 0 Å². The Kier molecular flexibility index (Phi) is 2.00. The van der Waals surface area contributed by atoms with Gasteiger partial charge in [0, 0.05) is 16.6 Å². The Morgan fingerprint density at radius 1 is 1.27 bits per heavy atom. The molecule has 2 fully saturated rings. The molecular formula is C11H15N2OP. The molecule has 0 aromatic carbocycles. The van der Waals surface area contributed by atoms with Crippen molar-refractivity contribution in [1.29, 1.82) is 0 Å². The van der Waals surface area contributed by atoms with Gasteiger partial charge < -0.3 is 4.57 Å². The van der Waals surface area contributed by atoms with E-state index in [0.717, 1.165) is 36.7 Å². The second-order valence-corrected chi connectivity index (χ2v) is 8.03. The highest BCUT2D eigenvalue weighted by molar-refractivity contribution is 7.73. The second kappa shape index (κ2) is 3.15. The number of nitrogens with zero attached hydrogens (tertiary/aromatic N) is 2. The van der Waals surface area contributed by atoms with Gasteiger partial charge in [-0.25, -0.2) is 0 Å². The average molecular weight is 222 g/mol. The minimum atomic E-state index is -2.13. The molecule has 4 heteroatoms. The molecule has 15 heavy (non-hydrogen) atoms. The maximum absolute atomic E-state index is 13.1. The second-order valence-electron chi connectivity index (χ2n) is 4.67. The molecule has 3 nitrogen and oxygen atoms in total. The molecule has 0 saturated heterocycles. The van der Waals surface area contributed by atoms with Gasteiger partial charge in [0.25, 0.3) is 0 Å². The third kappa shape index (κ3) is 1.45. The molecule has 0 bridgehead atoms. The predicted molar refractivity (Wildman–Crippen MR) is 60.1 cm³/mol. The molecule has 2 aliphatic rings. The lowest BCUT2D eigenvalue weighted by Crippen LogP contribution is -2.17. The largest absolute Gasteiger partial charge is 0.318 e. The van der Waals surface area contributed by atoms with E-state index in [1.807, 2.05) is 13.0 Å². The fourth-order valence-corrected chi connectivity index (χ4v) is 6.44. The summed E-state index contributed by atoms with van der Waals surface area (Å²) in [6, 6.07) is 1.93. The summed E-state index contributed by atoms with van der Waals surface area (Å²) in [6.07, 6.45) is 6.27. The molecule has 0 aliphatic heterocycles. The van der Waals surface area contributed by atoms with Crippen LogP contribution in [-0.2, 0) is 4.57 Å². The van der Waals surface area contributed by atoms with Gasteiger partial charge in [0.15, 0.2) is 0 Å². The van der Waals surface area contributed by atoms with Crippen LogP contribution in [0.5, 0.6) is 0 Å². The van der Waals surface area contributed by atoms with Crippen molar-refractivity contribution in [1.82, 2.24) is 10.2 Å². The quantitative estimate of drug-likeness (QED) is 0.735. The zero-order chi connectivity index (χ0) is 10.5. The molecule has 2 saturated carbocycles. The SMILES string of the molecule is Cc1nnccc1P(=O)(C1CC1)C1CC1. The fourth-order valence-electron chi connectivity index (χ4n) is 2.37. The summed E-state index contributed by atoms with van der Waals surface area (Å²) in [5.41, 5.74) is 1.81. The molecule has 1 aromatic heterocycles. The highest BCUT2D eigenvalue weighted by atomic mass is 31.2. The van der Waals surface area contributed by atoms with Crippen LogP contribution in [0.1, 0.15) is 31.4 Å². The van der Waals surface area contributed by atoms with Crippen molar-refractivity contribution in [2.75, 3.05) is 0 Å². The van der Waals surface area contributed by atoms with Crippen LogP contribution >= 0.6 is 7.14 Å². The van der Waals surface area contributed by atoms with E-state index >= 15 is 0 Å². The number of hydrogen-bond donors (Lipinski definition) is 0. The number of hydrogen-bond acceptors (Lipinski definition) is 3. The molecule has 0 atom stereocenters. The maximum atomic E-state index is 13.1. The first-order valence-corrected chi connectivity index (χ1v) is 7.45. The molecule has 0 N–H and O–H groups in total. The summed E-state index contributed by atoms with van der Waals surface area (Å²) in [5.74, 6) is 0. The molecule has 3 rings (SSSR count). The van der Waals surface area contributed by atoms with Crippen molar-refractivity contribution in [2.45, 2.75) is 43.9 Å². The van der Waals surface area contributed by atoms with E-state index in [0.29, 0.717) is 11.3 Å². The van der Waals surface area contributed by atoms with E-state index in [-0.39, 0.29) is 0 Å². The zero-order valence-corrected chi connectivity index (χ0v) is 9.78. The molecule has 0 spiro atoms. The minimum absolute atomic E-state index is 0.466. The van der Waals surface area contributed by atoms with Crippen LogP contribution in [0.25, 0.3) is 0 Å². The molecule has 0 radical (unpaired) electrons. The van der Waals surface area contributed by atoms with Gasteiger partial charge in [0.05, 0.1) is 11.9 Å². The van der Waals surface area contributed by atoms with Crippen molar-refractivity contribution >= 4 is 12.4 Å². The van der Waals surface area contributed by atoms with Gasteiger partial charge in [-0.15, -0.1) is 0 Å². The zero-order valence-electron chi connectivity index (χ0n) is 8.89. The minimum Gasteiger partial charge on any atom is -0.318 e. The standard InChI is InChI=1S/C11H15N2OP/c1-8-11(6-7-12-13-8)15(14,9-2-3-9)10-4-5-10/h6-7,9-10H,2-5H2,1H3. The number of rotatable bonds is 3. The molecule has 0 amide bonds. The van der Waals surface area contributed by atoms with Crippen LogP contribution in [0.3, 0.4) is 0 Å². The van der Waals surface area contributed by atoms with Gasteiger partial charge in [-0.05, 0) is 38.7 Å². The van der Waals surface area contributed by atoms with Crippen molar-refractivity contribution < 1.29 is 4.57 Å². The van der Waals surface area contributed by atoms with E-state index in [1.165, 1.54) is 0 Å². The predicted octanol–water partition coefficient (Wildman–Crippen LogP) is 2.10. The van der Waals surface area contributed by atoms with Gasteiger partial charge >= 0.3 is 0 Å². The van der Waals surface area contributed by atoms with Crippen LogP contribution in [-0.4, -0.2) is 21.5 Å². The molecule has 0 unspecified atom stereocenters. The van der Waals surface area contributed by atoms with Crippen LogP contribution < -0.4 is 5.30 Å². The van der Waals surface area contributed by atoms with Gasteiger partial charge in [-0.2, -0.15) is 10.2 Å². The third-order valence-electron chi connectivity index (χ3n) is 3.43. The molecule has 2 aliphatic carbocycles. The van der Waals surface area contributed by atoms with Gasteiger partial charge in [0.1, 0.15) is 7.14 Å². The Morgan fingerprint density at radius 3 is 2.33 bits per heavy atom. The lowest BCUT2D eigenvalue weighted by Gasteiger charge is -2.18. The summed E-state index contributed by atoms with van der Waals surface area (Å²) in [4.78, 5) is 0. The summed E-state index contributed by atoms with van der Waals surface area (Å²) in [5, 5.41) is 8.91. The summed E-state index contributed by atoms with van der Waals surface area (Å²) in [6.45, 7) is 1.93. The van der Waals surface area contributed by atoms with E-state index in [2.05, 4.69) is 10.2 Å². The van der Waals surface area contributed by atoms with Crippen molar-refractivity contribution in [3.63, 3.8) is 0 Å². The molecular weight excluding hydrogens is 207 g/mol. The molecule has 1 aromatic rings. The highest BCUT2D eigenvalue weighted by Crippen LogP contribution is 2.69. The van der Waals surface area contributed by atoms with Crippen LogP contribution in [0, 0.1) is 6.92 Å². The lowest BCUT2D eigenvalue weighted by atomic mass is 10.4. The van der Waals surface area contributed by atoms with Crippen LogP contribution in [0.4, 0.5) is 0 Å². The average Bonchev–Trinajstić information content (AvgIpc) is 3.06. The Hall–Kier alpha value is -0.690. The smallest absolute Gasteiger partial charge is 0.123 e.